The molecule has 29 heavy (non-hydrogen) atoms. The standard InChI is InChI=1S/C21H32ClN3O4/c1-20(2,3)28-14-24-11-12-25(19(26)29-21(4,5)6)17(13-24)15-7-9-16(10-8-15)18(22)23-27/h7-10,17-18H,11-14H2,1-6H3. The lowest BCUT2D eigenvalue weighted by atomic mass is 10.0. The number of rotatable bonds is 5. The average Bonchev–Trinajstić information content (AvgIpc) is 2.63. The van der Waals surface area contributed by atoms with Crippen LogP contribution in [0.25, 0.3) is 0 Å². The largest absolute Gasteiger partial charge is 0.444 e. The maximum Gasteiger partial charge on any atom is 0.410 e. The van der Waals surface area contributed by atoms with Crippen molar-refractivity contribution in [2.24, 2.45) is 5.18 Å². The molecule has 8 heteroatoms. The summed E-state index contributed by atoms with van der Waals surface area (Å²) in [4.78, 5) is 27.4. The van der Waals surface area contributed by atoms with Crippen LogP contribution in [-0.4, -0.2) is 53.5 Å². The van der Waals surface area contributed by atoms with E-state index < -0.39 is 11.1 Å². The van der Waals surface area contributed by atoms with Gasteiger partial charge in [-0.05, 0) is 57.8 Å². The van der Waals surface area contributed by atoms with Gasteiger partial charge >= 0.3 is 6.09 Å². The highest BCUT2D eigenvalue weighted by atomic mass is 35.5. The molecule has 2 rings (SSSR count). The Morgan fingerprint density at radius 1 is 1.14 bits per heavy atom. The van der Waals surface area contributed by atoms with E-state index in [4.69, 9.17) is 21.1 Å². The molecule has 1 saturated heterocycles. The van der Waals surface area contributed by atoms with Crippen LogP contribution >= 0.6 is 11.6 Å². The first-order valence-electron chi connectivity index (χ1n) is 9.82. The molecular formula is C21H32ClN3O4. The zero-order chi connectivity index (χ0) is 21.8. The van der Waals surface area contributed by atoms with Crippen LogP contribution in [0.2, 0.25) is 0 Å². The third-order valence-electron chi connectivity index (χ3n) is 4.46. The van der Waals surface area contributed by atoms with Gasteiger partial charge in [-0.3, -0.25) is 9.80 Å². The predicted molar refractivity (Wildman–Crippen MR) is 114 cm³/mol. The van der Waals surface area contributed by atoms with Crippen LogP contribution in [0, 0.1) is 4.91 Å². The Morgan fingerprint density at radius 2 is 1.76 bits per heavy atom. The Balaban J connectivity index is 2.22. The summed E-state index contributed by atoms with van der Waals surface area (Å²) in [5, 5.41) is 2.85. The molecular weight excluding hydrogens is 394 g/mol. The molecule has 0 spiro atoms. The number of ether oxygens (including phenoxy) is 2. The van der Waals surface area contributed by atoms with E-state index in [1.807, 2.05) is 53.7 Å². The summed E-state index contributed by atoms with van der Waals surface area (Å²) >= 11 is 5.90. The number of piperazine rings is 1. The summed E-state index contributed by atoms with van der Waals surface area (Å²) in [6, 6.07) is 7.10. The van der Waals surface area contributed by atoms with Crippen LogP contribution < -0.4 is 0 Å². The number of alkyl halides is 1. The van der Waals surface area contributed by atoms with E-state index >= 15 is 0 Å². The number of halogens is 1. The lowest BCUT2D eigenvalue weighted by Gasteiger charge is -2.42. The van der Waals surface area contributed by atoms with Gasteiger partial charge in [0.2, 0.25) is 0 Å². The van der Waals surface area contributed by atoms with E-state index in [2.05, 4.69) is 10.1 Å². The fraction of sp³-hybridized carbons (Fsp3) is 0.667. The van der Waals surface area contributed by atoms with Crippen molar-refractivity contribution in [1.82, 2.24) is 9.80 Å². The number of hydrogen-bond donors (Lipinski definition) is 0. The van der Waals surface area contributed by atoms with Crippen LogP contribution in [0.5, 0.6) is 0 Å². The minimum atomic E-state index is -0.922. The first-order valence-corrected chi connectivity index (χ1v) is 10.3. The SMILES string of the molecule is CC(C)(C)OCN1CCN(C(=O)OC(C)(C)C)C(c2ccc(C(Cl)N=O)cc2)C1. The Hall–Kier alpha value is -1.70. The van der Waals surface area contributed by atoms with Gasteiger partial charge < -0.3 is 9.47 Å². The van der Waals surface area contributed by atoms with E-state index in [0.717, 1.165) is 5.56 Å². The highest BCUT2D eigenvalue weighted by Crippen LogP contribution is 2.30. The fourth-order valence-electron chi connectivity index (χ4n) is 3.00. The maximum absolute atomic E-state index is 12.8. The number of nitroso groups, excluding NO2 is 1. The van der Waals surface area contributed by atoms with Crippen LogP contribution in [0.4, 0.5) is 4.79 Å². The Kier molecular flexibility index (Phi) is 7.65. The topological polar surface area (TPSA) is 71.4 Å². The number of benzene rings is 1. The summed E-state index contributed by atoms with van der Waals surface area (Å²) in [6.07, 6.45) is -0.340. The van der Waals surface area contributed by atoms with Crippen molar-refractivity contribution < 1.29 is 14.3 Å². The van der Waals surface area contributed by atoms with E-state index in [9.17, 15) is 9.70 Å². The molecule has 0 aliphatic carbocycles. The first-order chi connectivity index (χ1) is 13.4. The molecule has 1 aromatic carbocycles. The molecule has 1 aliphatic heterocycles. The van der Waals surface area contributed by atoms with Gasteiger partial charge in [-0.15, -0.1) is 4.91 Å². The fourth-order valence-corrected chi connectivity index (χ4v) is 3.15. The number of carbonyl (C=O) groups excluding carboxylic acids is 1. The van der Waals surface area contributed by atoms with Gasteiger partial charge in [0.1, 0.15) is 5.60 Å². The van der Waals surface area contributed by atoms with Gasteiger partial charge in [-0.25, -0.2) is 4.79 Å². The molecule has 1 aliphatic rings. The number of hydrogen-bond acceptors (Lipinski definition) is 6. The Labute approximate surface area is 178 Å². The maximum atomic E-state index is 12.8. The van der Waals surface area contributed by atoms with Gasteiger partial charge in [0.05, 0.1) is 18.4 Å². The summed E-state index contributed by atoms with van der Waals surface area (Å²) in [5.41, 5.74) is -0.169. The smallest absolute Gasteiger partial charge is 0.410 e. The minimum Gasteiger partial charge on any atom is -0.444 e. The first kappa shape index (κ1) is 23.6. The Morgan fingerprint density at radius 3 is 2.28 bits per heavy atom. The van der Waals surface area contributed by atoms with Crippen molar-refractivity contribution in [3.8, 4) is 0 Å². The normalized spacial score (nSPS) is 19.7. The molecule has 1 amide bonds. The zero-order valence-corrected chi connectivity index (χ0v) is 18.9. The van der Waals surface area contributed by atoms with Gasteiger partial charge in [-0.2, -0.15) is 0 Å². The van der Waals surface area contributed by atoms with Gasteiger partial charge in [0.15, 0.2) is 5.50 Å². The molecule has 0 radical (unpaired) electrons. The van der Waals surface area contributed by atoms with E-state index in [-0.39, 0.29) is 17.7 Å². The Bertz CT molecular complexity index is 697. The molecule has 2 unspecified atom stereocenters. The van der Waals surface area contributed by atoms with E-state index in [1.54, 1.807) is 17.0 Å². The summed E-state index contributed by atoms with van der Waals surface area (Å²) in [5.74, 6) is 0. The van der Waals surface area contributed by atoms with Crippen molar-refractivity contribution in [1.29, 1.82) is 0 Å². The molecule has 0 N–H and O–H groups in total. The van der Waals surface area contributed by atoms with Crippen LogP contribution in [-0.2, 0) is 9.47 Å². The highest BCUT2D eigenvalue weighted by molar-refractivity contribution is 6.20. The van der Waals surface area contributed by atoms with Gasteiger partial charge in [0, 0.05) is 19.6 Å². The number of carbonyl (C=O) groups is 1. The second-order valence-electron chi connectivity index (χ2n) is 9.26. The lowest BCUT2D eigenvalue weighted by Crippen LogP contribution is -2.52. The van der Waals surface area contributed by atoms with E-state index in [1.165, 1.54) is 0 Å². The molecule has 2 atom stereocenters. The van der Waals surface area contributed by atoms with Crippen LogP contribution in [0.15, 0.2) is 29.4 Å². The predicted octanol–water partition coefficient (Wildman–Crippen LogP) is 5.06. The zero-order valence-electron chi connectivity index (χ0n) is 18.1. The molecule has 1 aromatic rings. The van der Waals surface area contributed by atoms with Gasteiger partial charge in [-0.1, -0.05) is 35.9 Å². The van der Waals surface area contributed by atoms with Crippen molar-refractivity contribution >= 4 is 17.7 Å². The monoisotopic (exact) mass is 425 g/mol. The third kappa shape index (κ3) is 7.24. The quantitative estimate of drug-likeness (QED) is 0.374. The average molecular weight is 426 g/mol. The molecule has 0 saturated carbocycles. The summed E-state index contributed by atoms with van der Waals surface area (Å²) in [6.45, 7) is 14.0. The second kappa shape index (κ2) is 9.41. The molecule has 0 bridgehead atoms. The summed E-state index contributed by atoms with van der Waals surface area (Å²) < 4.78 is 11.5. The molecule has 1 fully saturated rings. The highest BCUT2D eigenvalue weighted by Gasteiger charge is 2.34. The molecule has 7 nitrogen and oxygen atoms in total. The van der Waals surface area contributed by atoms with Crippen LogP contribution in [0.1, 0.15) is 64.2 Å². The lowest BCUT2D eigenvalue weighted by molar-refractivity contribution is -0.0838. The number of amides is 1. The second-order valence-corrected chi connectivity index (χ2v) is 9.67. The third-order valence-corrected chi connectivity index (χ3v) is 4.79. The van der Waals surface area contributed by atoms with Crippen molar-refractivity contribution in [2.75, 3.05) is 26.4 Å². The van der Waals surface area contributed by atoms with Crippen molar-refractivity contribution in [2.45, 2.75) is 64.3 Å². The summed E-state index contributed by atoms with van der Waals surface area (Å²) in [7, 11) is 0. The molecule has 162 valence electrons. The van der Waals surface area contributed by atoms with E-state index in [0.29, 0.717) is 31.9 Å². The molecule has 0 aromatic heterocycles. The van der Waals surface area contributed by atoms with Crippen LogP contribution in [0.3, 0.4) is 0 Å². The minimum absolute atomic E-state index is 0.200. The van der Waals surface area contributed by atoms with Crippen molar-refractivity contribution in [3.63, 3.8) is 0 Å². The molecule has 1 heterocycles. The number of nitrogens with zero attached hydrogens (tertiary/aromatic N) is 3. The van der Waals surface area contributed by atoms with Gasteiger partial charge in [0.25, 0.3) is 0 Å². The van der Waals surface area contributed by atoms with Crippen molar-refractivity contribution in [3.05, 3.63) is 40.3 Å².